The van der Waals surface area contributed by atoms with E-state index in [9.17, 15) is 45.6 Å². The molecule has 2 aliphatic heterocycles. The Morgan fingerprint density at radius 3 is 0.942 bits per heavy atom. The number of amides is 1. The molecule has 0 aromatic heterocycles. The fraction of sp³-hybridized carbons (Fsp3) is 0.900. The number of unbranched alkanes of at least 4 members (excludes halogenated alkanes) is 58. The van der Waals surface area contributed by atoms with Crippen LogP contribution in [0.15, 0.2) is 48.6 Å². The Hall–Kier alpha value is -2.05. The van der Waals surface area contributed by atoms with Crippen LogP contribution in [-0.4, -0.2) is 140 Å². The van der Waals surface area contributed by atoms with Crippen molar-refractivity contribution in [2.24, 2.45) is 0 Å². The van der Waals surface area contributed by atoms with Gasteiger partial charge in [-0.3, -0.25) is 4.79 Å². The first kappa shape index (κ1) is 98.0. The van der Waals surface area contributed by atoms with Gasteiger partial charge in [0.15, 0.2) is 12.6 Å². The number of hydrogen-bond donors (Lipinski definition) is 9. The monoisotopic (exact) mass is 1470 g/mol. The Kier molecular flexibility index (Phi) is 69.5. The van der Waals surface area contributed by atoms with E-state index in [2.05, 4.69) is 55.6 Å². The SMILES string of the molecule is CCCCCCCCCC/C=C\CCCCCCCCCCCCCCCCCCCCCCCCCCCCCC(=O)NC(COC1OC(CO)C(OC2OC(CO)C(O)C(O)C2O)C(O)C1O)C(O)/C=C/CC/C=C/CC/C=C/CCCCCCCCCCCCCCCCCCCCCCC. The van der Waals surface area contributed by atoms with E-state index in [1.807, 2.05) is 6.08 Å². The van der Waals surface area contributed by atoms with E-state index < -0.39 is 86.8 Å². The first-order valence-corrected chi connectivity index (χ1v) is 44.9. The second-order valence-electron chi connectivity index (χ2n) is 31.7. The number of ether oxygens (including phenoxy) is 4. The third-order valence-electron chi connectivity index (χ3n) is 22.0. The van der Waals surface area contributed by atoms with Crippen molar-refractivity contribution in [1.82, 2.24) is 5.32 Å². The molecule has 0 spiro atoms. The molecule has 2 fully saturated rings. The molecule has 1 amide bonds. The van der Waals surface area contributed by atoms with Crippen molar-refractivity contribution in [3.8, 4) is 0 Å². The summed E-state index contributed by atoms with van der Waals surface area (Å²) >= 11 is 0. The minimum Gasteiger partial charge on any atom is -0.394 e. The van der Waals surface area contributed by atoms with Gasteiger partial charge in [0.2, 0.25) is 5.91 Å². The quantitative estimate of drug-likeness (QED) is 0.0204. The van der Waals surface area contributed by atoms with Gasteiger partial charge in [-0.05, 0) is 70.6 Å². The maximum atomic E-state index is 13.4. The molecule has 612 valence electrons. The molecule has 0 bridgehead atoms. The molecule has 2 saturated heterocycles. The number of allylic oxidation sites excluding steroid dienone is 7. The summed E-state index contributed by atoms with van der Waals surface area (Å²) < 4.78 is 22.9. The number of aliphatic hydroxyl groups is 8. The van der Waals surface area contributed by atoms with Crippen LogP contribution in [0.3, 0.4) is 0 Å². The Morgan fingerprint density at radius 2 is 0.615 bits per heavy atom. The smallest absolute Gasteiger partial charge is 0.220 e. The van der Waals surface area contributed by atoms with E-state index in [1.54, 1.807) is 6.08 Å². The first-order chi connectivity index (χ1) is 51.1. The summed E-state index contributed by atoms with van der Waals surface area (Å²) in [5.74, 6) is -0.245. The van der Waals surface area contributed by atoms with E-state index in [0.717, 1.165) is 44.9 Å². The van der Waals surface area contributed by atoms with Gasteiger partial charge in [-0.2, -0.15) is 0 Å². The predicted molar refractivity (Wildman–Crippen MR) is 434 cm³/mol. The van der Waals surface area contributed by atoms with Gasteiger partial charge in [0.25, 0.3) is 0 Å². The largest absolute Gasteiger partial charge is 0.394 e. The number of carbonyl (C=O) groups excluding carboxylic acids is 1. The second-order valence-corrected chi connectivity index (χ2v) is 31.7. The second kappa shape index (κ2) is 73.7. The molecule has 0 saturated carbocycles. The first-order valence-electron chi connectivity index (χ1n) is 44.9. The minimum atomic E-state index is -1.79. The van der Waals surface area contributed by atoms with Gasteiger partial charge in [-0.15, -0.1) is 0 Å². The predicted octanol–water partition coefficient (Wildman–Crippen LogP) is 21.7. The van der Waals surface area contributed by atoms with Crippen molar-refractivity contribution in [3.63, 3.8) is 0 Å². The molecule has 2 aliphatic rings. The molecular weight excluding hydrogens is 1300 g/mol. The van der Waals surface area contributed by atoms with E-state index in [0.29, 0.717) is 12.8 Å². The number of carbonyl (C=O) groups is 1. The maximum absolute atomic E-state index is 13.4. The summed E-state index contributed by atoms with van der Waals surface area (Å²) in [6, 6.07) is -0.940. The zero-order chi connectivity index (χ0) is 75.1. The fourth-order valence-electron chi connectivity index (χ4n) is 14.9. The zero-order valence-corrected chi connectivity index (χ0v) is 67.5. The summed E-state index contributed by atoms with van der Waals surface area (Å²) in [6.07, 6.45) is 83.9. The average molecular weight is 1470 g/mol. The van der Waals surface area contributed by atoms with E-state index in [4.69, 9.17) is 18.9 Å². The van der Waals surface area contributed by atoms with Crippen LogP contribution in [-0.2, 0) is 23.7 Å². The van der Waals surface area contributed by atoms with E-state index in [1.165, 1.54) is 347 Å². The molecule has 12 atom stereocenters. The summed E-state index contributed by atoms with van der Waals surface area (Å²) in [5, 5.41) is 87.8. The molecule has 104 heavy (non-hydrogen) atoms. The van der Waals surface area contributed by atoms with Crippen LogP contribution in [0, 0.1) is 0 Å². The van der Waals surface area contributed by atoms with Crippen LogP contribution < -0.4 is 5.32 Å². The van der Waals surface area contributed by atoms with Gasteiger partial charge < -0.3 is 65.1 Å². The van der Waals surface area contributed by atoms with Crippen LogP contribution in [0.25, 0.3) is 0 Å². The zero-order valence-electron chi connectivity index (χ0n) is 67.5. The highest BCUT2D eigenvalue weighted by Crippen LogP contribution is 2.31. The third-order valence-corrected chi connectivity index (χ3v) is 22.0. The van der Waals surface area contributed by atoms with Gasteiger partial charge >= 0.3 is 0 Å². The fourth-order valence-corrected chi connectivity index (χ4v) is 14.9. The highest BCUT2D eigenvalue weighted by atomic mass is 16.7. The standard InChI is InChI=1S/C90H169NO13/c1-3-5-7-9-11-13-15-17-19-21-23-25-27-29-31-33-35-36-37-38-39-40-41-42-44-46-48-50-52-54-56-58-60-62-64-66-68-70-72-74-82(95)91-78(77-101-89-87(100)85(98)88(81(76-93)103-89)104-90-86(99)84(97)83(96)80(75-92)102-90)79(94)73-71-69-67-65-63-61-59-57-55-53-51-49-47-45-43-34-32-30-28-26-24-22-20-18-16-14-12-10-8-6-4-2/h21,23,55,57,63,65,71,73,78-81,83-90,92-94,96-100H,3-20,22,24-54,56,58-62,64,66-70,72,74-77H2,1-2H3,(H,91,95)/b23-21-,57-55+,65-63+,73-71+. The number of hydrogen-bond acceptors (Lipinski definition) is 13. The molecule has 2 heterocycles. The molecule has 12 unspecified atom stereocenters. The van der Waals surface area contributed by atoms with E-state index >= 15 is 0 Å². The molecule has 0 aromatic rings. The summed E-state index contributed by atoms with van der Waals surface area (Å²) in [7, 11) is 0. The molecular formula is C90H169NO13. The van der Waals surface area contributed by atoms with Crippen molar-refractivity contribution < 1.29 is 64.6 Å². The highest BCUT2D eigenvalue weighted by molar-refractivity contribution is 5.76. The van der Waals surface area contributed by atoms with Crippen molar-refractivity contribution >= 4 is 5.91 Å². The van der Waals surface area contributed by atoms with Crippen molar-refractivity contribution in [2.75, 3.05) is 19.8 Å². The topological polar surface area (TPSA) is 228 Å². The van der Waals surface area contributed by atoms with Crippen LogP contribution in [0.1, 0.15) is 425 Å². The lowest BCUT2D eigenvalue weighted by Crippen LogP contribution is -2.65. The Bertz CT molecular complexity index is 1930. The van der Waals surface area contributed by atoms with Crippen molar-refractivity contribution in [2.45, 2.75) is 498 Å². The van der Waals surface area contributed by atoms with Crippen molar-refractivity contribution in [3.05, 3.63) is 48.6 Å². The van der Waals surface area contributed by atoms with Crippen LogP contribution in [0.2, 0.25) is 0 Å². The summed E-state index contributed by atoms with van der Waals surface area (Å²) in [4.78, 5) is 13.4. The Labute approximate surface area is 639 Å². The van der Waals surface area contributed by atoms with Gasteiger partial charge in [0.1, 0.15) is 48.8 Å². The molecule has 14 nitrogen and oxygen atoms in total. The molecule has 2 rings (SSSR count). The maximum Gasteiger partial charge on any atom is 0.220 e. The van der Waals surface area contributed by atoms with Gasteiger partial charge in [-0.25, -0.2) is 0 Å². The van der Waals surface area contributed by atoms with Gasteiger partial charge in [0.05, 0.1) is 32.0 Å². The summed E-state index contributed by atoms with van der Waals surface area (Å²) in [5.41, 5.74) is 0. The van der Waals surface area contributed by atoms with Gasteiger partial charge in [0, 0.05) is 6.42 Å². The van der Waals surface area contributed by atoms with E-state index in [-0.39, 0.29) is 18.9 Å². The lowest BCUT2D eigenvalue weighted by molar-refractivity contribution is -0.359. The van der Waals surface area contributed by atoms with Gasteiger partial charge in [-0.1, -0.05) is 396 Å². The Morgan fingerprint density at radius 1 is 0.337 bits per heavy atom. The molecule has 14 heteroatoms. The molecule has 0 aromatic carbocycles. The van der Waals surface area contributed by atoms with Crippen LogP contribution in [0.4, 0.5) is 0 Å². The lowest BCUT2D eigenvalue weighted by atomic mass is 9.97. The van der Waals surface area contributed by atoms with Crippen LogP contribution in [0.5, 0.6) is 0 Å². The molecule has 0 radical (unpaired) electrons. The van der Waals surface area contributed by atoms with Crippen LogP contribution >= 0.6 is 0 Å². The molecule has 9 N–H and O–H groups in total. The number of aliphatic hydroxyl groups excluding tert-OH is 8. The number of nitrogens with one attached hydrogen (secondary N) is 1. The number of rotatable bonds is 77. The third kappa shape index (κ3) is 55.4. The average Bonchev–Trinajstić information content (AvgIpc) is 0.791. The highest BCUT2D eigenvalue weighted by Gasteiger charge is 2.51. The normalized spacial score (nSPS) is 21.6. The van der Waals surface area contributed by atoms with Crippen molar-refractivity contribution in [1.29, 1.82) is 0 Å². The summed E-state index contributed by atoms with van der Waals surface area (Å²) in [6.45, 7) is 2.85. The molecule has 0 aliphatic carbocycles. The lowest BCUT2D eigenvalue weighted by Gasteiger charge is -2.46. The minimum absolute atomic E-state index is 0.245. The Balaban J connectivity index is 1.57.